The molecule has 2 heteroatoms. The molecule has 3 rings (SSSR count). The minimum atomic E-state index is 0.384. The number of para-hydroxylation sites is 1. The number of Topliss-reactive ketones (excluding diaryl/α,β-unsaturated/α-hetero) is 1. The Morgan fingerprint density at radius 2 is 2.06 bits per heavy atom. The molecule has 84 valence electrons. The van der Waals surface area contributed by atoms with Gasteiger partial charge in [-0.3, -0.25) is 4.79 Å². The first-order chi connectivity index (χ1) is 7.84. The molecule has 1 fully saturated rings. The highest BCUT2D eigenvalue weighted by atomic mass is 16.5. The van der Waals surface area contributed by atoms with Gasteiger partial charge in [-0.05, 0) is 36.8 Å². The van der Waals surface area contributed by atoms with Crippen molar-refractivity contribution in [2.45, 2.75) is 31.6 Å². The van der Waals surface area contributed by atoms with Crippen LogP contribution in [-0.4, -0.2) is 12.4 Å². The van der Waals surface area contributed by atoms with Crippen molar-refractivity contribution < 1.29 is 9.53 Å². The van der Waals surface area contributed by atoms with Gasteiger partial charge in [0.2, 0.25) is 0 Å². The summed E-state index contributed by atoms with van der Waals surface area (Å²) in [6, 6.07) is 8.12. The van der Waals surface area contributed by atoms with Gasteiger partial charge in [0, 0.05) is 12.3 Å². The summed E-state index contributed by atoms with van der Waals surface area (Å²) in [5.41, 5.74) is 1.22. The molecule has 0 aromatic heterocycles. The monoisotopic (exact) mass is 216 g/mol. The van der Waals surface area contributed by atoms with E-state index in [-0.39, 0.29) is 0 Å². The summed E-state index contributed by atoms with van der Waals surface area (Å²) in [5, 5.41) is 0. The van der Waals surface area contributed by atoms with Gasteiger partial charge < -0.3 is 4.74 Å². The summed E-state index contributed by atoms with van der Waals surface area (Å²) in [6.07, 6.45) is 3.92. The van der Waals surface area contributed by atoms with Gasteiger partial charge in [0.05, 0.1) is 6.61 Å². The van der Waals surface area contributed by atoms with E-state index in [4.69, 9.17) is 4.74 Å². The third-order valence-corrected chi connectivity index (χ3v) is 3.56. The minimum absolute atomic E-state index is 0.384. The molecule has 1 aromatic carbocycles. The largest absolute Gasteiger partial charge is 0.493 e. The number of hydrogen-bond donors (Lipinski definition) is 0. The average molecular weight is 216 g/mol. The molecule has 0 amide bonds. The lowest BCUT2D eigenvalue weighted by Gasteiger charge is -2.25. The number of rotatable bonds is 3. The fourth-order valence-corrected chi connectivity index (χ4v) is 2.44. The van der Waals surface area contributed by atoms with Crippen LogP contribution in [0, 0.1) is 5.92 Å². The van der Waals surface area contributed by atoms with Crippen LogP contribution in [-0.2, 0) is 4.79 Å². The molecule has 1 heterocycles. The lowest BCUT2D eigenvalue weighted by Crippen LogP contribution is -2.17. The molecule has 0 radical (unpaired) electrons. The Bertz CT molecular complexity index is 407. The van der Waals surface area contributed by atoms with Gasteiger partial charge in [-0.1, -0.05) is 18.2 Å². The van der Waals surface area contributed by atoms with Crippen molar-refractivity contribution in [2.24, 2.45) is 5.92 Å². The van der Waals surface area contributed by atoms with E-state index >= 15 is 0 Å². The van der Waals surface area contributed by atoms with Gasteiger partial charge in [-0.15, -0.1) is 0 Å². The molecule has 1 aromatic rings. The molecule has 1 aliphatic carbocycles. The van der Waals surface area contributed by atoms with Crippen molar-refractivity contribution in [3.63, 3.8) is 0 Å². The van der Waals surface area contributed by atoms with E-state index in [1.165, 1.54) is 5.56 Å². The van der Waals surface area contributed by atoms with Crippen LogP contribution in [0.15, 0.2) is 24.3 Å². The Morgan fingerprint density at radius 3 is 2.88 bits per heavy atom. The topological polar surface area (TPSA) is 26.3 Å². The molecule has 0 spiro atoms. The number of carbonyl (C=O) groups excluding carboxylic acids is 1. The van der Waals surface area contributed by atoms with Crippen LogP contribution < -0.4 is 4.74 Å². The molecule has 16 heavy (non-hydrogen) atoms. The minimum Gasteiger partial charge on any atom is -0.493 e. The van der Waals surface area contributed by atoms with Gasteiger partial charge in [-0.25, -0.2) is 0 Å². The summed E-state index contributed by atoms with van der Waals surface area (Å²) < 4.78 is 5.60. The summed E-state index contributed by atoms with van der Waals surface area (Å²) in [5.74, 6) is 2.21. The van der Waals surface area contributed by atoms with Crippen LogP contribution in [0.3, 0.4) is 0 Å². The third-order valence-electron chi connectivity index (χ3n) is 3.56. The maximum atomic E-state index is 11.8. The van der Waals surface area contributed by atoms with Crippen molar-refractivity contribution in [1.29, 1.82) is 0 Å². The molecular formula is C14H16O2. The zero-order valence-electron chi connectivity index (χ0n) is 9.32. The Balaban J connectivity index is 1.78. The quantitative estimate of drug-likeness (QED) is 0.776. The van der Waals surface area contributed by atoms with Crippen LogP contribution in [0.4, 0.5) is 0 Å². The molecular weight excluding hydrogens is 200 g/mol. The second-order valence-electron chi connectivity index (χ2n) is 4.82. The zero-order chi connectivity index (χ0) is 11.0. The predicted octanol–water partition coefficient (Wildman–Crippen LogP) is 2.92. The van der Waals surface area contributed by atoms with Crippen molar-refractivity contribution in [3.8, 4) is 5.75 Å². The molecule has 2 aliphatic rings. The molecule has 0 saturated heterocycles. The summed E-state index contributed by atoms with van der Waals surface area (Å²) >= 11 is 0. The van der Waals surface area contributed by atoms with Gasteiger partial charge in [-0.2, -0.15) is 0 Å². The smallest absolute Gasteiger partial charge is 0.136 e. The third kappa shape index (κ3) is 1.84. The van der Waals surface area contributed by atoms with Gasteiger partial charge in [0.1, 0.15) is 11.5 Å². The van der Waals surface area contributed by atoms with Crippen molar-refractivity contribution >= 4 is 5.78 Å². The first-order valence-electron chi connectivity index (χ1n) is 6.09. The first-order valence-corrected chi connectivity index (χ1v) is 6.09. The molecule has 1 unspecified atom stereocenters. The highest BCUT2D eigenvalue weighted by Crippen LogP contribution is 2.39. The molecule has 1 saturated carbocycles. The fraction of sp³-hybridized carbons (Fsp3) is 0.500. The molecule has 1 aliphatic heterocycles. The van der Waals surface area contributed by atoms with Crippen LogP contribution >= 0.6 is 0 Å². The predicted molar refractivity (Wildman–Crippen MR) is 61.6 cm³/mol. The van der Waals surface area contributed by atoms with Crippen LogP contribution in [0.2, 0.25) is 0 Å². The second-order valence-corrected chi connectivity index (χ2v) is 4.82. The Morgan fingerprint density at radius 1 is 1.25 bits per heavy atom. The fourth-order valence-electron chi connectivity index (χ4n) is 2.44. The highest BCUT2D eigenvalue weighted by Gasteiger charge is 2.32. The average Bonchev–Trinajstić information content (AvgIpc) is 3.13. The number of benzene rings is 1. The maximum Gasteiger partial charge on any atom is 0.136 e. The molecule has 0 bridgehead atoms. The summed E-state index contributed by atoms with van der Waals surface area (Å²) in [4.78, 5) is 11.8. The SMILES string of the molecule is O=C(CC1CCOc2ccccc21)C1CC1. The second kappa shape index (κ2) is 3.93. The molecule has 0 N–H and O–H groups in total. The Kier molecular flexibility index (Phi) is 2.43. The van der Waals surface area contributed by atoms with Crippen molar-refractivity contribution in [1.82, 2.24) is 0 Å². The van der Waals surface area contributed by atoms with E-state index in [9.17, 15) is 4.79 Å². The number of ether oxygens (including phenoxy) is 1. The van der Waals surface area contributed by atoms with Crippen LogP contribution in [0.5, 0.6) is 5.75 Å². The zero-order valence-corrected chi connectivity index (χ0v) is 9.32. The van der Waals surface area contributed by atoms with E-state index in [0.717, 1.165) is 31.6 Å². The van der Waals surface area contributed by atoms with Crippen molar-refractivity contribution in [3.05, 3.63) is 29.8 Å². The number of ketones is 1. The lowest BCUT2D eigenvalue weighted by molar-refractivity contribution is -0.120. The van der Waals surface area contributed by atoms with E-state index in [1.54, 1.807) is 0 Å². The Labute approximate surface area is 95.6 Å². The van der Waals surface area contributed by atoms with Crippen molar-refractivity contribution in [2.75, 3.05) is 6.61 Å². The summed E-state index contributed by atoms with van der Waals surface area (Å²) in [7, 11) is 0. The standard InChI is InChI=1S/C14H16O2/c15-13(10-5-6-10)9-11-7-8-16-14-4-2-1-3-12(11)14/h1-4,10-11H,5-9H2. The van der Waals surface area contributed by atoms with E-state index < -0.39 is 0 Å². The van der Waals surface area contributed by atoms with Crippen LogP contribution in [0.1, 0.15) is 37.2 Å². The lowest BCUT2D eigenvalue weighted by atomic mass is 9.88. The molecule has 1 atom stereocenters. The van der Waals surface area contributed by atoms with E-state index in [2.05, 4.69) is 6.07 Å². The summed E-state index contributed by atoms with van der Waals surface area (Å²) in [6.45, 7) is 0.750. The van der Waals surface area contributed by atoms with Gasteiger partial charge in [0.25, 0.3) is 0 Å². The van der Waals surface area contributed by atoms with E-state index in [1.807, 2.05) is 18.2 Å². The maximum absolute atomic E-state index is 11.8. The highest BCUT2D eigenvalue weighted by molar-refractivity contribution is 5.84. The normalized spacial score (nSPS) is 23.4. The molecule has 2 nitrogen and oxygen atoms in total. The van der Waals surface area contributed by atoms with Gasteiger partial charge >= 0.3 is 0 Å². The van der Waals surface area contributed by atoms with Gasteiger partial charge in [0.15, 0.2) is 0 Å². The van der Waals surface area contributed by atoms with E-state index in [0.29, 0.717) is 24.0 Å². The Hall–Kier alpha value is -1.31. The number of carbonyl (C=O) groups is 1. The first kappa shape index (κ1) is 9.88. The van der Waals surface area contributed by atoms with Crippen LogP contribution in [0.25, 0.3) is 0 Å². The number of hydrogen-bond acceptors (Lipinski definition) is 2. The number of fused-ring (bicyclic) bond motifs is 1.